The van der Waals surface area contributed by atoms with Crippen LogP contribution in [0.2, 0.25) is 0 Å². The molecule has 0 aliphatic heterocycles. The van der Waals surface area contributed by atoms with Gasteiger partial charge in [-0.25, -0.2) is 0 Å². The molecule has 0 aliphatic carbocycles. The van der Waals surface area contributed by atoms with E-state index in [9.17, 15) is 19.5 Å². The Kier molecular flexibility index (Phi) is 13.8. The van der Waals surface area contributed by atoms with Crippen molar-refractivity contribution in [2.45, 2.75) is 44.4 Å². The molecule has 0 heterocycles. The average Bonchev–Trinajstić information content (AvgIpc) is 2.93. The summed E-state index contributed by atoms with van der Waals surface area (Å²) in [7, 11) is 0. The highest BCUT2D eigenvalue weighted by atomic mass is 16.5. The number of ether oxygens (including phenoxy) is 2. The molecule has 0 fully saturated rings. The van der Waals surface area contributed by atoms with Crippen molar-refractivity contribution in [3.05, 3.63) is 85.0 Å². The van der Waals surface area contributed by atoms with Gasteiger partial charge in [0, 0.05) is 25.4 Å². The summed E-state index contributed by atoms with van der Waals surface area (Å²) in [6.45, 7) is 9.08. The van der Waals surface area contributed by atoms with E-state index in [0.717, 1.165) is 48.3 Å². The van der Waals surface area contributed by atoms with Gasteiger partial charge in [0.2, 0.25) is 11.8 Å². The number of carboxylic acids is 1. The molecule has 0 atom stereocenters. The van der Waals surface area contributed by atoms with E-state index in [4.69, 9.17) is 9.47 Å². The van der Waals surface area contributed by atoms with Gasteiger partial charge in [-0.15, -0.1) is 0 Å². The Hall–Kier alpha value is -4.07. The van der Waals surface area contributed by atoms with Crippen molar-refractivity contribution in [1.82, 2.24) is 10.6 Å². The number of hydrogen-bond donors (Lipinski definition) is 3. The zero-order chi connectivity index (χ0) is 27.6. The molecule has 0 radical (unpaired) electrons. The number of carboxylic acid groups (broad SMARTS) is 1. The molecule has 0 saturated carbocycles. The summed E-state index contributed by atoms with van der Waals surface area (Å²) in [5.74, 6) is 0.232. The second-order valence-electron chi connectivity index (χ2n) is 8.72. The monoisotopic (exact) mass is 522 g/mol. The summed E-state index contributed by atoms with van der Waals surface area (Å²) >= 11 is 0. The highest BCUT2D eigenvalue weighted by molar-refractivity contribution is 5.87. The van der Waals surface area contributed by atoms with Crippen LogP contribution in [0.25, 0.3) is 0 Å². The van der Waals surface area contributed by atoms with Crippen LogP contribution < -0.4 is 20.1 Å². The topological polar surface area (TPSA) is 114 Å². The highest BCUT2D eigenvalue weighted by Crippen LogP contribution is 2.31. The number of hydrogen-bond acceptors (Lipinski definition) is 5. The van der Waals surface area contributed by atoms with Crippen molar-refractivity contribution in [3.8, 4) is 11.5 Å². The lowest BCUT2D eigenvalue weighted by molar-refractivity contribution is -0.137. The van der Waals surface area contributed by atoms with Crippen molar-refractivity contribution in [3.63, 3.8) is 0 Å². The van der Waals surface area contributed by atoms with Gasteiger partial charge in [-0.3, -0.25) is 14.4 Å². The minimum Gasteiger partial charge on any atom is -0.494 e. The third kappa shape index (κ3) is 11.8. The van der Waals surface area contributed by atoms with Gasteiger partial charge in [0.25, 0.3) is 0 Å². The molecule has 0 saturated heterocycles. The van der Waals surface area contributed by atoms with Crippen LogP contribution in [-0.2, 0) is 14.4 Å². The third-order valence-corrected chi connectivity index (χ3v) is 5.86. The molecule has 2 rings (SSSR count). The maximum atomic E-state index is 11.3. The number of nitrogens with one attached hydrogen (secondary N) is 2. The summed E-state index contributed by atoms with van der Waals surface area (Å²) in [5, 5.41) is 14.7. The van der Waals surface area contributed by atoms with Gasteiger partial charge in [-0.1, -0.05) is 37.4 Å². The Balaban J connectivity index is 1.88. The summed E-state index contributed by atoms with van der Waals surface area (Å²) in [6.07, 6.45) is 6.27. The fourth-order valence-electron chi connectivity index (χ4n) is 3.79. The van der Waals surface area contributed by atoms with Gasteiger partial charge in [0.1, 0.15) is 11.5 Å². The number of benzene rings is 2. The van der Waals surface area contributed by atoms with E-state index in [1.807, 2.05) is 48.5 Å². The summed E-state index contributed by atoms with van der Waals surface area (Å²) in [6, 6.07) is 15.5. The Morgan fingerprint density at radius 3 is 1.53 bits per heavy atom. The molecule has 0 spiro atoms. The maximum Gasteiger partial charge on any atom is 0.303 e. The third-order valence-electron chi connectivity index (χ3n) is 5.86. The minimum atomic E-state index is -0.830. The van der Waals surface area contributed by atoms with Crippen molar-refractivity contribution in [1.29, 1.82) is 0 Å². The summed E-state index contributed by atoms with van der Waals surface area (Å²) in [5.41, 5.74) is 2.03. The van der Waals surface area contributed by atoms with Crippen LogP contribution in [0, 0.1) is 0 Å². The van der Waals surface area contributed by atoms with Crippen molar-refractivity contribution < 1.29 is 29.0 Å². The largest absolute Gasteiger partial charge is 0.494 e. The number of rotatable bonds is 19. The zero-order valence-corrected chi connectivity index (χ0v) is 21.8. The van der Waals surface area contributed by atoms with Crippen LogP contribution in [0.4, 0.5) is 0 Å². The van der Waals surface area contributed by atoms with Crippen LogP contribution in [0.1, 0.15) is 55.6 Å². The molecule has 0 unspecified atom stereocenters. The van der Waals surface area contributed by atoms with Gasteiger partial charge < -0.3 is 25.2 Å². The normalized spacial score (nSPS) is 10.4. The molecule has 2 aromatic carbocycles. The Morgan fingerprint density at radius 1 is 0.737 bits per heavy atom. The van der Waals surface area contributed by atoms with Crippen molar-refractivity contribution in [2.24, 2.45) is 0 Å². The van der Waals surface area contributed by atoms with E-state index in [1.54, 1.807) is 0 Å². The van der Waals surface area contributed by atoms with Gasteiger partial charge in [0.15, 0.2) is 0 Å². The fourth-order valence-corrected chi connectivity index (χ4v) is 3.79. The lowest BCUT2D eigenvalue weighted by Gasteiger charge is -2.18. The first-order valence-electron chi connectivity index (χ1n) is 12.9. The number of aliphatic carboxylic acids is 1. The second kappa shape index (κ2) is 17.4. The summed E-state index contributed by atoms with van der Waals surface area (Å²) < 4.78 is 11.6. The molecular weight excluding hydrogens is 484 g/mol. The van der Waals surface area contributed by atoms with E-state index in [1.165, 1.54) is 12.2 Å². The molecule has 3 N–H and O–H groups in total. The van der Waals surface area contributed by atoms with Gasteiger partial charge in [0.05, 0.1) is 13.2 Å². The Bertz CT molecular complexity index is 958. The molecule has 0 aliphatic rings. The minimum absolute atomic E-state index is 0.0615. The van der Waals surface area contributed by atoms with Crippen LogP contribution in [0.15, 0.2) is 73.8 Å². The number of carbonyl (C=O) groups is 3. The summed E-state index contributed by atoms with van der Waals surface area (Å²) in [4.78, 5) is 33.6. The van der Waals surface area contributed by atoms with Crippen molar-refractivity contribution >= 4 is 17.8 Å². The molecule has 8 heteroatoms. The number of unbranched alkanes of at least 4 members (excludes halogenated alkanes) is 2. The van der Waals surface area contributed by atoms with E-state index in [0.29, 0.717) is 32.7 Å². The second-order valence-corrected chi connectivity index (χ2v) is 8.72. The average molecular weight is 523 g/mol. The highest BCUT2D eigenvalue weighted by Gasteiger charge is 2.16. The standard InChI is InChI=1S/C30H38N2O6/c1-3-28(33)31-19-5-7-21-37-25-13-9-23(10-14-25)27(17-18-30(35)36)24-11-15-26(16-12-24)38-22-8-6-20-32-29(34)4-2/h3-4,9-16,27H,1-2,5-8,17-22H2,(H,31,33)(H,32,34)(H,35,36). The van der Waals surface area contributed by atoms with E-state index in [2.05, 4.69) is 23.8 Å². The van der Waals surface area contributed by atoms with E-state index >= 15 is 0 Å². The van der Waals surface area contributed by atoms with E-state index in [-0.39, 0.29) is 24.2 Å². The van der Waals surface area contributed by atoms with Crippen LogP contribution in [0.5, 0.6) is 11.5 Å². The molecule has 2 aromatic rings. The quantitative estimate of drug-likeness (QED) is 0.183. The van der Waals surface area contributed by atoms with Crippen LogP contribution >= 0.6 is 0 Å². The van der Waals surface area contributed by atoms with Crippen molar-refractivity contribution in [2.75, 3.05) is 26.3 Å². The van der Waals surface area contributed by atoms with Crippen LogP contribution in [0.3, 0.4) is 0 Å². The zero-order valence-electron chi connectivity index (χ0n) is 21.8. The molecule has 8 nitrogen and oxygen atoms in total. The number of carbonyl (C=O) groups excluding carboxylic acids is 2. The van der Waals surface area contributed by atoms with Gasteiger partial charge >= 0.3 is 5.97 Å². The first-order valence-corrected chi connectivity index (χ1v) is 12.9. The van der Waals surface area contributed by atoms with Crippen LogP contribution in [-0.4, -0.2) is 49.2 Å². The first kappa shape index (κ1) is 30.2. The molecule has 0 bridgehead atoms. The Morgan fingerprint density at radius 2 is 1.16 bits per heavy atom. The molecule has 2 amide bonds. The lowest BCUT2D eigenvalue weighted by Crippen LogP contribution is -2.22. The molecule has 204 valence electrons. The first-order chi connectivity index (χ1) is 18.4. The fraction of sp³-hybridized carbons (Fsp3) is 0.367. The smallest absolute Gasteiger partial charge is 0.303 e. The van der Waals surface area contributed by atoms with E-state index < -0.39 is 5.97 Å². The maximum absolute atomic E-state index is 11.3. The number of amides is 2. The predicted octanol–water partition coefficient (Wildman–Crippen LogP) is 4.61. The molecular formula is C30H38N2O6. The SMILES string of the molecule is C=CC(=O)NCCCCOc1ccc(C(CCC(=O)O)c2ccc(OCCCCNC(=O)C=C)cc2)cc1. The predicted molar refractivity (Wildman–Crippen MR) is 147 cm³/mol. The van der Waals surface area contributed by atoms with Gasteiger partial charge in [-0.05, 0) is 79.6 Å². The van der Waals surface area contributed by atoms with Gasteiger partial charge in [-0.2, -0.15) is 0 Å². The molecule has 38 heavy (non-hydrogen) atoms. The Labute approximate surface area is 224 Å². The molecule has 0 aromatic heterocycles. The lowest BCUT2D eigenvalue weighted by atomic mass is 9.87.